The van der Waals surface area contributed by atoms with E-state index < -0.39 is 11.9 Å². The molecule has 17 heavy (non-hydrogen) atoms. The summed E-state index contributed by atoms with van der Waals surface area (Å²) in [6.07, 6.45) is 1.80. The molecule has 1 amide bonds. The second-order valence-electron chi connectivity index (χ2n) is 3.31. The summed E-state index contributed by atoms with van der Waals surface area (Å²) in [4.78, 5) is 21.7. The van der Waals surface area contributed by atoms with Crippen LogP contribution in [-0.2, 0) is 9.59 Å². The normalized spacial score (nSPS) is 10.8. The Morgan fingerprint density at radius 3 is 2.76 bits per heavy atom. The van der Waals surface area contributed by atoms with Crippen molar-refractivity contribution in [3.63, 3.8) is 0 Å². The Kier molecular flexibility index (Phi) is 3.20. The lowest BCUT2D eigenvalue weighted by Crippen LogP contribution is -2.08. The Labute approximate surface area is 101 Å². The number of carboxylic acids is 1. The van der Waals surface area contributed by atoms with Crippen LogP contribution >= 0.6 is 11.3 Å². The lowest BCUT2D eigenvalue weighted by atomic mass is 10.2. The standard InChI is InChI=1S/C12H9NO3S/c14-11(5-6-12(15)16)13-9-7-17-10-4-2-1-3-8(9)10/h1-7H,(H,13,14)(H,15,16)/b6-5+. The third-order valence-electron chi connectivity index (χ3n) is 2.12. The molecule has 1 aromatic carbocycles. The summed E-state index contributed by atoms with van der Waals surface area (Å²) in [6.45, 7) is 0. The van der Waals surface area contributed by atoms with Crippen LogP contribution in [-0.4, -0.2) is 17.0 Å². The van der Waals surface area contributed by atoms with Crippen molar-refractivity contribution in [1.82, 2.24) is 0 Å². The maximum atomic E-state index is 11.4. The minimum Gasteiger partial charge on any atom is -0.478 e. The van der Waals surface area contributed by atoms with Crippen molar-refractivity contribution in [3.05, 3.63) is 41.8 Å². The second kappa shape index (κ2) is 4.80. The zero-order valence-corrected chi connectivity index (χ0v) is 9.53. The summed E-state index contributed by atoms with van der Waals surface area (Å²) in [5, 5.41) is 13.8. The number of thiophene rings is 1. The molecule has 0 radical (unpaired) electrons. The molecule has 2 rings (SSSR count). The summed E-state index contributed by atoms with van der Waals surface area (Å²) in [5.41, 5.74) is 0.700. The van der Waals surface area contributed by atoms with Gasteiger partial charge in [0.15, 0.2) is 0 Å². The van der Waals surface area contributed by atoms with Crippen molar-refractivity contribution in [1.29, 1.82) is 0 Å². The molecule has 0 fully saturated rings. The van der Waals surface area contributed by atoms with Crippen molar-refractivity contribution >= 4 is 39.0 Å². The Balaban J connectivity index is 2.19. The van der Waals surface area contributed by atoms with E-state index in [4.69, 9.17) is 5.11 Å². The number of nitrogens with one attached hydrogen (secondary N) is 1. The average Bonchev–Trinajstić information content (AvgIpc) is 2.70. The van der Waals surface area contributed by atoms with Gasteiger partial charge >= 0.3 is 5.97 Å². The highest BCUT2D eigenvalue weighted by Gasteiger charge is 2.05. The van der Waals surface area contributed by atoms with Crippen LogP contribution in [0.2, 0.25) is 0 Å². The predicted octanol–water partition coefficient (Wildman–Crippen LogP) is 2.48. The minimum absolute atomic E-state index is 0.448. The number of carbonyl (C=O) groups is 2. The number of rotatable bonds is 3. The lowest BCUT2D eigenvalue weighted by Gasteiger charge is -1.99. The Morgan fingerprint density at radius 2 is 2.00 bits per heavy atom. The minimum atomic E-state index is -1.14. The van der Waals surface area contributed by atoms with E-state index in [1.807, 2.05) is 29.6 Å². The number of carboxylic acid groups (broad SMARTS) is 1. The highest BCUT2D eigenvalue weighted by atomic mass is 32.1. The van der Waals surface area contributed by atoms with Crippen molar-refractivity contribution < 1.29 is 14.7 Å². The van der Waals surface area contributed by atoms with Crippen LogP contribution in [0.4, 0.5) is 5.69 Å². The maximum Gasteiger partial charge on any atom is 0.328 e. The molecule has 1 aromatic heterocycles. The molecule has 86 valence electrons. The van der Waals surface area contributed by atoms with E-state index in [9.17, 15) is 9.59 Å². The molecule has 0 unspecified atom stereocenters. The molecule has 0 bridgehead atoms. The number of anilines is 1. The first-order valence-corrected chi connectivity index (χ1v) is 5.73. The van der Waals surface area contributed by atoms with Crippen LogP contribution in [0.25, 0.3) is 10.1 Å². The highest BCUT2D eigenvalue weighted by molar-refractivity contribution is 7.17. The maximum absolute atomic E-state index is 11.4. The fraction of sp³-hybridized carbons (Fsp3) is 0. The summed E-state index contributed by atoms with van der Waals surface area (Å²) < 4.78 is 1.07. The molecule has 0 aliphatic carbocycles. The first-order valence-electron chi connectivity index (χ1n) is 4.85. The molecule has 0 saturated heterocycles. The molecule has 1 heterocycles. The van der Waals surface area contributed by atoms with Crippen molar-refractivity contribution in [2.45, 2.75) is 0 Å². The van der Waals surface area contributed by atoms with Gasteiger partial charge in [-0.1, -0.05) is 18.2 Å². The second-order valence-corrected chi connectivity index (χ2v) is 4.22. The third-order valence-corrected chi connectivity index (χ3v) is 3.08. The van der Waals surface area contributed by atoms with Gasteiger partial charge in [-0.25, -0.2) is 4.79 Å². The molecule has 0 saturated carbocycles. The Morgan fingerprint density at radius 1 is 1.24 bits per heavy atom. The molecule has 2 aromatic rings. The van der Waals surface area contributed by atoms with Gasteiger partial charge in [-0.05, 0) is 6.07 Å². The van der Waals surface area contributed by atoms with E-state index >= 15 is 0 Å². The van der Waals surface area contributed by atoms with Crippen molar-refractivity contribution in [2.75, 3.05) is 5.32 Å². The number of amides is 1. The fourth-order valence-electron chi connectivity index (χ4n) is 1.40. The van der Waals surface area contributed by atoms with Gasteiger partial charge in [-0.2, -0.15) is 0 Å². The predicted molar refractivity (Wildman–Crippen MR) is 67.2 cm³/mol. The van der Waals surface area contributed by atoms with E-state index in [0.29, 0.717) is 5.69 Å². The summed E-state index contributed by atoms with van der Waals surface area (Å²) in [7, 11) is 0. The zero-order valence-electron chi connectivity index (χ0n) is 8.71. The van der Waals surface area contributed by atoms with Crippen molar-refractivity contribution in [2.24, 2.45) is 0 Å². The molecule has 2 N–H and O–H groups in total. The Hall–Kier alpha value is -2.14. The first kappa shape index (κ1) is 11.3. The number of hydrogen-bond donors (Lipinski definition) is 2. The van der Waals surface area contributed by atoms with E-state index in [1.165, 1.54) is 11.3 Å². The third kappa shape index (κ3) is 2.70. The van der Waals surface area contributed by atoms with E-state index in [-0.39, 0.29) is 0 Å². The average molecular weight is 247 g/mol. The van der Waals surface area contributed by atoms with Crippen LogP contribution in [0.1, 0.15) is 0 Å². The van der Waals surface area contributed by atoms with E-state index in [1.54, 1.807) is 0 Å². The van der Waals surface area contributed by atoms with Crippen LogP contribution in [0, 0.1) is 0 Å². The van der Waals surface area contributed by atoms with Gasteiger partial charge in [0.25, 0.3) is 0 Å². The summed E-state index contributed by atoms with van der Waals surface area (Å²) >= 11 is 1.53. The summed E-state index contributed by atoms with van der Waals surface area (Å²) in [6, 6.07) is 7.68. The number of aliphatic carboxylic acids is 1. The van der Waals surface area contributed by atoms with Crippen molar-refractivity contribution in [3.8, 4) is 0 Å². The molecule has 0 aliphatic rings. The fourth-order valence-corrected chi connectivity index (χ4v) is 2.29. The number of benzene rings is 1. The van der Waals surface area contributed by atoms with Gasteiger partial charge in [-0.15, -0.1) is 11.3 Å². The Bertz CT molecular complexity index is 601. The lowest BCUT2D eigenvalue weighted by molar-refractivity contribution is -0.131. The molecule has 4 nitrogen and oxygen atoms in total. The van der Waals surface area contributed by atoms with Gasteiger partial charge in [0, 0.05) is 27.6 Å². The van der Waals surface area contributed by atoms with Crippen LogP contribution in [0.3, 0.4) is 0 Å². The number of fused-ring (bicyclic) bond motifs is 1. The zero-order chi connectivity index (χ0) is 12.3. The molecular formula is C12H9NO3S. The van der Waals surface area contributed by atoms with Gasteiger partial charge < -0.3 is 10.4 Å². The monoisotopic (exact) mass is 247 g/mol. The number of hydrogen-bond acceptors (Lipinski definition) is 3. The quantitative estimate of drug-likeness (QED) is 0.819. The van der Waals surface area contributed by atoms with Gasteiger partial charge in [0.2, 0.25) is 5.91 Å². The molecule has 5 heteroatoms. The first-order chi connectivity index (χ1) is 8.16. The van der Waals surface area contributed by atoms with Crippen LogP contribution in [0.15, 0.2) is 41.8 Å². The van der Waals surface area contributed by atoms with Gasteiger partial charge in [0.05, 0.1) is 5.69 Å². The van der Waals surface area contributed by atoms with Crippen LogP contribution < -0.4 is 5.32 Å². The molecule has 0 spiro atoms. The summed E-state index contributed by atoms with van der Waals surface area (Å²) in [5.74, 6) is -1.59. The highest BCUT2D eigenvalue weighted by Crippen LogP contribution is 2.29. The molecule has 0 atom stereocenters. The SMILES string of the molecule is O=C(O)/C=C/C(=O)Nc1csc2ccccc12. The van der Waals surface area contributed by atoms with Gasteiger partial charge in [-0.3, -0.25) is 4.79 Å². The smallest absolute Gasteiger partial charge is 0.328 e. The van der Waals surface area contributed by atoms with E-state index in [0.717, 1.165) is 22.2 Å². The van der Waals surface area contributed by atoms with E-state index in [2.05, 4.69) is 5.32 Å². The molecule has 0 aliphatic heterocycles. The topological polar surface area (TPSA) is 66.4 Å². The number of carbonyl (C=O) groups excluding carboxylic acids is 1. The van der Waals surface area contributed by atoms with Gasteiger partial charge in [0.1, 0.15) is 0 Å². The van der Waals surface area contributed by atoms with Crippen LogP contribution in [0.5, 0.6) is 0 Å². The largest absolute Gasteiger partial charge is 0.478 e. The molecular weight excluding hydrogens is 238 g/mol.